The fourth-order valence-electron chi connectivity index (χ4n) is 4.00. The molecule has 0 unspecified atom stereocenters. The molecule has 0 spiro atoms. The van der Waals surface area contributed by atoms with E-state index in [1.807, 2.05) is 31.2 Å². The summed E-state index contributed by atoms with van der Waals surface area (Å²) in [6.07, 6.45) is 6.84. The number of hydrogen-bond acceptors (Lipinski definition) is 4. The zero-order valence-corrected chi connectivity index (χ0v) is 16.6. The summed E-state index contributed by atoms with van der Waals surface area (Å²) in [5.41, 5.74) is 0.608. The number of nitrogens with one attached hydrogen (secondary N) is 1. The molecular formula is C21H25N3O2S. The lowest BCUT2D eigenvalue weighted by Crippen LogP contribution is -2.42. The molecule has 0 bridgehead atoms. The Kier molecular flexibility index (Phi) is 5.00. The summed E-state index contributed by atoms with van der Waals surface area (Å²) < 4.78 is 3.35. The largest absolute Gasteiger partial charge is 0.352 e. The average Bonchev–Trinajstić information content (AvgIpc) is 2.88. The van der Waals surface area contributed by atoms with E-state index in [-0.39, 0.29) is 17.5 Å². The zero-order chi connectivity index (χ0) is 19.0. The van der Waals surface area contributed by atoms with Crippen LogP contribution in [0, 0.1) is 6.92 Å². The third kappa shape index (κ3) is 3.38. The minimum absolute atomic E-state index is 0.116. The molecule has 1 saturated carbocycles. The fourth-order valence-corrected chi connectivity index (χ4v) is 5.13. The molecule has 0 aliphatic heterocycles. The van der Waals surface area contributed by atoms with Crippen molar-refractivity contribution >= 4 is 37.4 Å². The number of benzene rings is 1. The Bertz CT molecular complexity index is 1040. The van der Waals surface area contributed by atoms with Gasteiger partial charge in [-0.1, -0.05) is 43.9 Å². The van der Waals surface area contributed by atoms with Gasteiger partial charge >= 0.3 is 0 Å². The smallest absolute Gasteiger partial charge is 0.276 e. The molecular weight excluding hydrogens is 358 g/mol. The van der Waals surface area contributed by atoms with E-state index >= 15 is 0 Å². The maximum Gasteiger partial charge on any atom is 0.276 e. The Balaban J connectivity index is 1.70. The van der Waals surface area contributed by atoms with E-state index in [1.54, 1.807) is 18.3 Å². The Morgan fingerprint density at radius 1 is 1.22 bits per heavy atom. The number of aryl methyl sites for hydroxylation is 1. The molecule has 1 fully saturated rings. The van der Waals surface area contributed by atoms with E-state index in [0.717, 1.165) is 46.2 Å². The van der Waals surface area contributed by atoms with E-state index in [2.05, 4.69) is 10.4 Å². The van der Waals surface area contributed by atoms with Gasteiger partial charge < -0.3 is 5.32 Å². The van der Waals surface area contributed by atoms with Gasteiger partial charge in [0.15, 0.2) is 0 Å². The van der Waals surface area contributed by atoms with Gasteiger partial charge in [-0.15, -0.1) is 11.3 Å². The van der Waals surface area contributed by atoms with Gasteiger partial charge in [-0.05, 0) is 32.8 Å². The van der Waals surface area contributed by atoms with E-state index in [1.165, 1.54) is 17.5 Å². The van der Waals surface area contributed by atoms with Gasteiger partial charge in [0.05, 0.1) is 15.8 Å². The normalized spacial score (nSPS) is 17.1. The molecule has 0 saturated heterocycles. The standard InChI is InChI=1S/C21H25N3O2S/c1-13-19-18(16-11-7-8-12-17(16)27-19)21(26)24(23-13)14(2)20(25)22-15-9-5-3-4-6-10-15/h7-8,11-12,14-15H,3-6,9-10H2,1-2H3,(H,22,25)/t14-/m0/s1. The number of carbonyl (C=O) groups is 1. The number of thiophene rings is 1. The molecule has 2 aromatic heterocycles. The van der Waals surface area contributed by atoms with Crippen LogP contribution in [0.2, 0.25) is 0 Å². The van der Waals surface area contributed by atoms with Gasteiger partial charge in [0.2, 0.25) is 5.91 Å². The quantitative estimate of drug-likeness (QED) is 0.685. The molecule has 3 aromatic rings. The summed E-state index contributed by atoms with van der Waals surface area (Å²) in [6.45, 7) is 3.67. The number of nitrogens with zero attached hydrogens (tertiary/aromatic N) is 2. The minimum Gasteiger partial charge on any atom is -0.352 e. The maximum atomic E-state index is 13.2. The average molecular weight is 384 g/mol. The summed E-state index contributed by atoms with van der Waals surface area (Å²) in [5, 5.41) is 9.25. The third-order valence-electron chi connectivity index (χ3n) is 5.55. The fraction of sp³-hybridized carbons (Fsp3) is 0.476. The minimum atomic E-state index is -0.623. The molecule has 1 aliphatic carbocycles. The summed E-state index contributed by atoms with van der Waals surface area (Å²) in [7, 11) is 0. The second-order valence-corrected chi connectivity index (χ2v) is 8.56. The summed E-state index contributed by atoms with van der Waals surface area (Å²) in [6, 6.07) is 7.49. The number of carbonyl (C=O) groups excluding carboxylic acids is 1. The highest BCUT2D eigenvalue weighted by atomic mass is 32.1. The van der Waals surface area contributed by atoms with Crippen LogP contribution in [0.5, 0.6) is 0 Å². The number of fused-ring (bicyclic) bond motifs is 3. The summed E-state index contributed by atoms with van der Waals surface area (Å²) in [5.74, 6) is -0.116. The molecule has 1 amide bonds. The molecule has 1 atom stereocenters. The van der Waals surface area contributed by atoms with Crippen LogP contribution in [-0.2, 0) is 4.79 Å². The van der Waals surface area contributed by atoms with Crippen LogP contribution in [0.1, 0.15) is 57.2 Å². The maximum absolute atomic E-state index is 13.2. The SMILES string of the molecule is Cc1nn([C@@H](C)C(=O)NC2CCCCCC2)c(=O)c2c1sc1ccccc12. The van der Waals surface area contributed by atoms with E-state index in [0.29, 0.717) is 5.39 Å². The van der Waals surface area contributed by atoms with Crippen LogP contribution in [0.15, 0.2) is 29.1 Å². The summed E-state index contributed by atoms with van der Waals surface area (Å²) >= 11 is 1.59. The van der Waals surface area contributed by atoms with Gasteiger partial charge in [-0.3, -0.25) is 9.59 Å². The summed E-state index contributed by atoms with van der Waals surface area (Å²) in [4.78, 5) is 26.0. The Morgan fingerprint density at radius 2 is 1.93 bits per heavy atom. The third-order valence-corrected chi connectivity index (χ3v) is 6.83. The Morgan fingerprint density at radius 3 is 2.67 bits per heavy atom. The molecule has 1 aliphatic rings. The van der Waals surface area contributed by atoms with E-state index < -0.39 is 6.04 Å². The van der Waals surface area contributed by atoms with Crippen LogP contribution >= 0.6 is 11.3 Å². The predicted octanol–water partition coefficient (Wildman–Crippen LogP) is 4.32. The predicted molar refractivity (Wildman–Crippen MR) is 110 cm³/mol. The lowest BCUT2D eigenvalue weighted by atomic mass is 10.1. The van der Waals surface area contributed by atoms with Crippen molar-refractivity contribution in [1.82, 2.24) is 15.1 Å². The van der Waals surface area contributed by atoms with Crippen molar-refractivity contribution in [1.29, 1.82) is 0 Å². The number of aromatic nitrogens is 2. The highest BCUT2D eigenvalue weighted by molar-refractivity contribution is 7.26. The number of rotatable bonds is 3. The van der Waals surface area contributed by atoms with Gasteiger partial charge in [0.1, 0.15) is 6.04 Å². The van der Waals surface area contributed by atoms with Crippen LogP contribution in [0.25, 0.3) is 20.2 Å². The first-order valence-corrected chi connectivity index (χ1v) is 10.6. The number of hydrogen-bond donors (Lipinski definition) is 1. The van der Waals surface area contributed by atoms with Crippen LogP contribution in [0.4, 0.5) is 0 Å². The number of amides is 1. The molecule has 2 heterocycles. The molecule has 142 valence electrons. The van der Waals surface area contributed by atoms with Gasteiger partial charge in [0, 0.05) is 16.1 Å². The van der Waals surface area contributed by atoms with E-state index in [9.17, 15) is 9.59 Å². The van der Waals surface area contributed by atoms with Crippen molar-refractivity contribution in [2.45, 2.75) is 64.5 Å². The highest BCUT2D eigenvalue weighted by Gasteiger charge is 2.24. The van der Waals surface area contributed by atoms with Crippen LogP contribution in [-0.4, -0.2) is 21.7 Å². The molecule has 6 heteroatoms. The molecule has 1 aromatic carbocycles. The first-order chi connectivity index (χ1) is 13.1. The molecule has 0 radical (unpaired) electrons. The topological polar surface area (TPSA) is 64.0 Å². The molecule has 4 rings (SSSR count). The van der Waals surface area contributed by atoms with Gasteiger partial charge in [0.25, 0.3) is 5.56 Å². The van der Waals surface area contributed by atoms with Crippen molar-refractivity contribution in [3.63, 3.8) is 0 Å². The van der Waals surface area contributed by atoms with Crippen molar-refractivity contribution in [2.24, 2.45) is 0 Å². The second-order valence-electron chi connectivity index (χ2n) is 7.51. The molecule has 5 nitrogen and oxygen atoms in total. The van der Waals surface area contributed by atoms with Gasteiger partial charge in [-0.25, -0.2) is 4.68 Å². The van der Waals surface area contributed by atoms with Crippen LogP contribution in [0.3, 0.4) is 0 Å². The molecule has 27 heavy (non-hydrogen) atoms. The first-order valence-electron chi connectivity index (χ1n) is 9.77. The Hall–Kier alpha value is -2.21. The van der Waals surface area contributed by atoms with Crippen molar-refractivity contribution in [3.05, 3.63) is 40.3 Å². The highest BCUT2D eigenvalue weighted by Crippen LogP contribution is 2.32. The van der Waals surface area contributed by atoms with Crippen LogP contribution < -0.4 is 10.9 Å². The zero-order valence-electron chi connectivity index (χ0n) is 15.8. The van der Waals surface area contributed by atoms with Crippen molar-refractivity contribution in [3.8, 4) is 0 Å². The van der Waals surface area contributed by atoms with E-state index in [4.69, 9.17) is 0 Å². The Labute approximate surface area is 162 Å². The molecule has 1 N–H and O–H groups in total. The second kappa shape index (κ2) is 7.43. The van der Waals surface area contributed by atoms with Gasteiger partial charge in [-0.2, -0.15) is 5.10 Å². The van der Waals surface area contributed by atoms with Crippen molar-refractivity contribution < 1.29 is 4.79 Å². The first kappa shape index (κ1) is 18.2. The lowest BCUT2D eigenvalue weighted by molar-refractivity contribution is -0.125. The monoisotopic (exact) mass is 383 g/mol. The lowest BCUT2D eigenvalue weighted by Gasteiger charge is -2.20. The van der Waals surface area contributed by atoms with Crippen molar-refractivity contribution in [2.75, 3.05) is 0 Å².